The van der Waals surface area contributed by atoms with Crippen LogP contribution in [-0.2, 0) is 6.54 Å². The molecule has 4 aromatic rings. The van der Waals surface area contributed by atoms with Gasteiger partial charge in [0.05, 0.1) is 12.6 Å². The van der Waals surface area contributed by atoms with E-state index in [9.17, 15) is 0 Å². The summed E-state index contributed by atoms with van der Waals surface area (Å²) in [5.41, 5.74) is 4.60. The highest BCUT2D eigenvalue weighted by Crippen LogP contribution is 2.23. The zero-order valence-corrected chi connectivity index (χ0v) is 15.2. The molecule has 0 aliphatic heterocycles. The van der Waals surface area contributed by atoms with Crippen LogP contribution in [0.5, 0.6) is 0 Å². The molecule has 134 valence electrons. The Morgan fingerprint density at radius 1 is 0.815 bits per heavy atom. The largest absolute Gasteiger partial charge is 0.338 e. The minimum Gasteiger partial charge on any atom is -0.338 e. The quantitative estimate of drug-likeness (QED) is 0.533. The van der Waals surface area contributed by atoms with Gasteiger partial charge in [-0.15, -0.1) is 0 Å². The molecule has 0 spiro atoms. The Balaban J connectivity index is 1.54. The molecule has 1 aromatic heterocycles. The molecule has 0 radical (unpaired) electrons. The van der Waals surface area contributed by atoms with Gasteiger partial charge in [0, 0.05) is 5.56 Å². The summed E-state index contributed by atoms with van der Waals surface area (Å²) in [5.74, 6) is 1.18. The fraction of sp³-hybridized carbons (Fsp3) is 0.130. The molecule has 4 rings (SSSR count). The van der Waals surface area contributed by atoms with E-state index in [4.69, 9.17) is 4.52 Å². The highest BCUT2D eigenvalue weighted by atomic mass is 16.5. The van der Waals surface area contributed by atoms with Crippen LogP contribution in [0.25, 0.3) is 11.4 Å². The van der Waals surface area contributed by atoms with Crippen LogP contribution in [0.4, 0.5) is 0 Å². The van der Waals surface area contributed by atoms with Crippen molar-refractivity contribution < 1.29 is 4.52 Å². The van der Waals surface area contributed by atoms with Gasteiger partial charge in [-0.2, -0.15) is 4.98 Å². The van der Waals surface area contributed by atoms with Crippen molar-refractivity contribution in [2.45, 2.75) is 19.5 Å². The number of nitrogens with one attached hydrogen (secondary N) is 1. The van der Waals surface area contributed by atoms with E-state index in [0.717, 1.165) is 5.56 Å². The standard InChI is InChI=1S/C23H21N3O/c1-17-12-14-19(15-13-17)22(18-8-4-2-5-9-18)24-16-21-25-23(26-27-21)20-10-6-3-7-11-20/h2-15,22,24H,16H2,1H3/t22-/m1/s1. The molecule has 3 aromatic carbocycles. The molecule has 27 heavy (non-hydrogen) atoms. The van der Waals surface area contributed by atoms with Crippen molar-refractivity contribution in [1.29, 1.82) is 0 Å². The summed E-state index contributed by atoms with van der Waals surface area (Å²) in [4.78, 5) is 4.51. The van der Waals surface area contributed by atoms with Crippen LogP contribution in [0, 0.1) is 6.92 Å². The first-order valence-corrected chi connectivity index (χ1v) is 9.02. The van der Waals surface area contributed by atoms with E-state index in [-0.39, 0.29) is 6.04 Å². The molecule has 1 atom stereocenters. The molecule has 4 nitrogen and oxygen atoms in total. The Bertz CT molecular complexity index is 979. The summed E-state index contributed by atoms with van der Waals surface area (Å²) in [6, 6.07) is 28.9. The van der Waals surface area contributed by atoms with E-state index < -0.39 is 0 Å². The lowest BCUT2D eigenvalue weighted by Crippen LogP contribution is -2.22. The summed E-state index contributed by atoms with van der Waals surface area (Å²) >= 11 is 0. The molecule has 0 fully saturated rings. The number of benzene rings is 3. The SMILES string of the molecule is Cc1ccc([C@H](NCc2nc(-c3ccccc3)no2)c2ccccc2)cc1. The summed E-state index contributed by atoms with van der Waals surface area (Å²) in [6.45, 7) is 2.59. The molecular weight excluding hydrogens is 334 g/mol. The van der Waals surface area contributed by atoms with Crippen LogP contribution in [0.3, 0.4) is 0 Å². The smallest absolute Gasteiger partial charge is 0.240 e. The molecule has 0 bridgehead atoms. The predicted octanol–water partition coefficient (Wildman–Crippen LogP) is 4.92. The summed E-state index contributed by atoms with van der Waals surface area (Å²) < 4.78 is 5.44. The van der Waals surface area contributed by atoms with Gasteiger partial charge in [0.1, 0.15) is 0 Å². The van der Waals surface area contributed by atoms with E-state index in [1.54, 1.807) is 0 Å². The first kappa shape index (κ1) is 17.2. The molecule has 0 aliphatic rings. The van der Waals surface area contributed by atoms with Gasteiger partial charge in [-0.1, -0.05) is 95.6 Å². The van der Waals surface area contributed by atoms with E-state index in [1.807, 2.05) is 36.4 Å². The van der Waals surface area contributed by atoms with E-state index in [2.05, 4.69) is 70.9 Å². The first-order chi connectivity index (χ1) is 13.3. The van der Waals surface area contributed by atoms with Crippen molar-refractivity contribution in [3.63, 3.8) is 0 Å². The van der Waals surface area contributed by atoms with Gasteiger partial charge in [-0.3, -0.25) is 5.32 Å². The molecule has 0 unspecified atom stereocenters. The minimum absolute atomic E-state index is 0.0545. The second-order valence-electron chi connectivity index (χ2n) is 6.51. The van der Waals surface area contributed by atoms with Gasteiger partial charge in [-0.25, -0.2) is 0 Å². The summed E-state index contributed by atoms with van der Waals surface area (Å²) in [7, 11) is 0. The maximum absolute atomic E-state index is 5.44. The van der Waals surface area contributed by atoms with Gasteiger partial charge in [0.25, 0.3) is 0 Å². The Labute approximate surface area is 158 Å². The molecule has 0 saturated heterocycles. The molecule has 0 saturated carbocycles. The Hall–Kier alpha value is -3.24. The Morgan fingerprint density at radius 3 is 2.15 bits per heavy atom. The average molecular weight is 355 g/mol. The second kappa shape index (κ2) is 7.98. The maximum Gasteiger partial charge on any atom is 0.240 e. The first-order valence-electron chi connectivity index (χ1n) is 9.02. The van der Waals surface area contributed by atoms with Gasteiger partial charge in [0.2, 0.25) is 11.7 Å². The maximum atomic E-state index is 5.44. The number of rotatable bonds is 6. The van der Waals surface area contributed by atoms with Crippen molar-refractivity contribution in [1.82, 2.24) is 15.5 Å². The topological polar surface area (TPSA) is 51.0 Å². The third-order valence-electron chi connectivity index (χ3n) is 4.50. The lowest BCUT2D eigenvalue weighted by atomic mass is 9.98. The van der Waals surface area contributed by atoms with E-state index in [1.165, 1.54) is 16.7 Å². The molecule has 0 aliphatic carbocycles. The second-order valence-corrected chi connectivity index (χ2v) is 6.51. The molecule has 0 amide bonds. The van der Waals surface area contributed by atoms with Crippen LogP contribution >= 0.6 is 0 Å². The summed E-state index contributed by atoms with van der Waals surface area (Å²) in [6.07, 6.45) is 0. The normalized spacial score (nSPS) is 12.0. The number of aromatic nitrogens is 2. The van der Waals surface area contributed by atoms with Gasteiger partial charge in [-0.05, 0) is 18.1 Å². The van der Waals surface area contributed by atoms with Crippen LogP contribution < -0.4 is 5.32 Å². The lowest BCUT2D eigenvalue weighted by molar-refractivity contribution is 0.363. The van der Waals surface area contributed by atoms with Gasteiger partial charge >= 0.3 is 0 Å². The number of aryl methyl sites for hydroxylation is 1. The van der Waals surface area contributed by atoms with Crippen molar-refractivity contribution in [2.24, 2.45) is 0 Å². The van der Waals surface area contributed by atoms with Crippen LogP contribution in [0.1, 0.15) is 28.6 Å². The third kappa shape index (κ3) is 4.13. The predicted molar refractivity (Wildman–Crippen MR) is 106 cm³/mol. The van der Waals surface area contributed by atoms with Crippen LogP contribution in [0.2, 0.25) is 0 Å². The fourth-order valence-electron chi connectivity index (χ4n) is 3.05. The Kier molecular flexibility index (Phi) is 5.08. The Morgan fingerprint density at radius 2 is 1.44 bits per heavy atom. The average Bonchev–Trinajstić information content (AvgIpc) is 3.20. The van der Waals surface area contributed by atoms with Gasteiger partial charge in [0.15, 0.2) is 0 Å². The summed E-state index contributed by atoms with van der Waals surface area (Å²) in [5, 5.41) is 7.65. The van der Waals surface area contributed by atoms with Crippen molar-refractivity contribution in [2.75, 3.05) is 0 Å². The monoisotopic (exact) mass is 355 g/mol. The number of nitrogens with zero attached hydrogens (tertiary/aromatic N) is 2. The van der Waals surface area contributed by atoms with Crippen molar-refractivity contribution >= 4 is 0 Å². The van der Waals surface area contributed by atoms with E-state index in [0.29, 0.717) is 18.3 Å². The zero-order valence-electron chi connectivity index (χ0n) is 15.2. The molecule has 1 heterocycles. The molecule has 1 N–H and O–H groups in total. The lowest BCUT2D eigenvalue weighted by Gasteiger charge is -2.19. The number of hydrogen-bond donors (Lipinski definition) is 1. The third-order valence-corrected chi connectivity index (χ3v) is 4.50. The molecule has 4 heteroatoms. The van der Waals surface area contributed by atoms with Crippen LogP contribution in [0.15, 0.2) is 89.5 Å². The fourth-order valence-corrected chi connectivity index (χ4v) is 3.05. The highest BCUT2D eigenvalue weighted by molar-refractivity contribution is 5.53. The molecular formula is C23H21N3O. The van der Waals surface area contributed by atoms with Crippen molar-refractivity contribution in [3.05, 3.63) is 108 Å². The number of hydrogen-bond acceptors (Lipinski definition) is 4. The van der Waals surface area contributed by atoms with Crippen molar-refractivity contribution in [3.8, 4) is 11.4 Å². The highest BCUT2D eigenvalue weighted by Gasteiger charge is 2.15. The van der Waals surface area contributed by atoms with Gasteiger partial charge < -0.3 is 4.52 Å². The van der Waals surface area contributed by atoms with E-state index >= 15 is 0 Å². The zero-order chi connectivity index (χ0) is 18.5. The minimum atomic E-state index is 0.0545. The van der Waals surface area contributed by atoms with Crippen LogP contribution in [-0.4, -0.2) is 10.1 Å².